The smallest absolute Gasteiger partial charge is 0.229 e. The van der Waals surface area contributed by atoms with Crippen LogP contribution in [0.3, 0.4) is 0 Å². The van der Waals surface area contributed by atoms with E-state index in [1.165, 1.54) is 5.56 Å². The van der Waals surface area contributed by atoms with Crippen LogP contribution in [0.2, 0.25) is 0 Å². The molecule has 160 valence electrons. The van der Waals surface area contributed by atoms with Crippen molar-refractivity contribution < 1.29 is 9.53 Å². The summed E-state index contributed by atoms with van der Waals surface area (Å²) in [5.74, 6) is 1.57. The van der Waals surface area contributed by atoms with Crippen LogP contribution in [-0.4, -0.2) is 35.8 Å². The summed E-state index contributed by atoms with van der Waals surface area (Å²) < 4.78 is 5.46. The lowest BCUT2D eigenvalue weighted by Gasteiger charge is -2.32. The van der Waals surface area contributed by atoms with Crippen LogP contribution in [0.5, 0.6) is 5.75 Å². The van der Waals surface area contributed by atoms with E-state index in [2.05, 4.69) is 39.5 Å². The predicted molar refractivity (Wildman–Crippen MR) is 123 cm³/mol. The van der Waals surface area contributed by atoms with E-state index in [1.54, 1.807) is 0 Å². The molecule has 1 aliphatic rings. The Hall–Kier alpha value is -3.41. The Balaban J connectivity index is 1.40. The number of benzene rings is 2. The number of carbonyl (C=O) groups excluding carboxylic acids is 1. The van der Waals surface area contributed by atoms with Crippen molar-refractivity contribution in [3.05, 3.63) is 66.2 Å². The highest BCUT2D eigenvalue weighted by atomic mass is 16.5. The Morgan fingerprint density at radius 1 is 1.10 bits per heavy atom. The molecule has 1 N–H and O–H groups in total. The second-order valence-electron chi connectivity index (χ2n) is 7.82. The number of amides is 1. The molecule has 1 saturated heterocycles. The Bertz CT molecular complexity index is 1020. The van der Waals surface area contributed by atoms with E-state index in [0.717, 1.165) is 47.9 Å². The molecule has 2 aromatic carbocycles. The molecule has 0 aliphatic carbocycles. The number of aromatic nitrogens is 2. The average Bonchev–Trinajstić information content (AvgIpc) is 2.81. The first-order valence-corrected chi connectivity index (χ1v) is 10.8. The number of aryl methyl sites for hydroxylation is 1. The van der Waals surface area contributed by atoms with Gasteiger partial charge in [0.15, 0.2) is 5.82 Å². The predicted octanol–water partition coefficient (Wildman–Crippen LogP) is 4.71. The van der Waals surface area contributed by atoms with Crippen molar-refractivity contribution in [2.24, 2.45) is 5.92 Å². The quantitative estimate of drug-likeness (QED) is 0.631. The number of rotatable bonds is 6. The molecule has 1 atom stereocenters. The fourth-order valence-corrected chi connectivity index (χ4v) is 3.94. The van der Waals surface area contributed by atoms with E-state index in [-0.39, 0.29) is 11.8 Å². The molecule has 6 nitrogen and oxygen atoms in total. The summed E-state index contributed by atoms with van der Waals surface area (Å²) in [6, 6.07) is 19.7. The fourth-order valence-electron chi connectivity index (χ4n) is 3.94. The van der Waals surface area contributed by atoms with Gasteiger partial charge < -0.3 is 15.0 Å². The monoisotopic (exact) mass is 416 g/mol. The largest absolute Gasteiger partial charge is 0.494 e. The van der Waals surface area contributed by atoms with Gasteiger partial charge >= 0.3 is 0 Å². The maximum absolute atomic E-state index is 12.8. The number of carbonyl (C=O) groups is 1. The Morgan fingerprint density at radius 3 is 2.61 bits per heavy atom. The third-order valence-electron chi connectivity index (χ3n) is 5.62. The van der Waals surface area contributed by atoms with Gasteiger partial charge in [-0.15, -0.1) is 10.2 Å². The molecule has 3 aromatic rings. The molecule has 0 bridgehead atoms. The highest BCUT2D eigenvalue weighted by Gasteiger charge is 2.27. The summed E-state index contributed by atoms with van der Waals surface area (Å²) in [5.41, 5.74) is 3.91. The maximum atomic E-state index is 12.8. The van der Waals surface area contributed by atoms with Crippen molar-refractivity contribution in [3.8, 4) is 17.0 Å². The number of ether oxygens (including phenoxy) is 1. The molecule has 31 heavy (non-hydrogen) atoms. The Kier molecular flexibility index (Phi) is 6.46. The zero-order chi connectivity index (χ0) is 21.6. The summed E-state index contributed by atoms with van der Waals surface area (Å²) in [5, 5.41) is 11.9. The lowest BCUT2D eigenvalue weighted by atomic mass is 9.97. The summed E-state index contributed by atoms with van der Waals surface area (Å²) in [4.78, 5) is 15.0. The molecule has 1 aliphatic heterocycles. The molecule has 6 heteroatoms. The lowest BCUT2D eigenvalue weighted by molar-refractivity contribution is -0.120. The average molecular weight is 417 g/mol. The van der Waals surface area contributed by atoms with E-state index in [9.17, 15) is 4.79 Å². The van der Waals surface area contributed by atoms with Crippen molar-refractivity contribution in [1.29, 1.82) is 0 Å². The topological polar surface area (TPSA) is 67.3 Å². The Morgan fingerprint density at radius 2 is 1.90 bits per heavy atom. The highest BCUT2D eigenvalue weighted by molar-refractivity contribution is 5.93. The standard InChI is InChI=1S/C25H28N4O2/c1-3-31-21-12-10-20(11-13-21)26-25(30)19-8-6-16-29(17-19)24-15-14-23(27-28-24)22-9-5-4-7-18(22)2/h4-5,7,9-15,19H,3,6,8,16-17H2,1-2H3,(H,26,30). The highest BCUT2D eigenvalue weighted by Crippen LogP contribution is 2.26. The van der Waals surface area contributed by atoms with Gasteiger partial charge in [0.05, 0.1) is 18.2 Å². The van der Waals surface area contributed by atoms with Crippen molar-refractivity contribution >= 4 is 17.4 Å². The summed E-state index contributed by atoms with van der Waals surface area (Å²) in [6.07, 6.45) is 1.82. The molecule has 0 spiro atoms. The summed E-state index contributed by atoms with van der Waals surface area (Å²) in [7, 11) is 0. The van der Waals surface area contributed by atoms with Gasteiger partial charge in [-0.1, -0.05) is 24.3 Å². The fraction of sp³-hybridized carbons (Fsp3) is 0.320. The zero-order valence-corrected chi connectivity index (χ0v) is 18.0. The molecule has 1 aromatic heterocycles. The summed E-state index contributed by atoms with van der Waals surface area (Å²) in [6.45, 7) is 6.17. The molecule has 4 rings (SSSR count). The number of hydrogen-bond donors (Lipinski definition) is 1. The minimum absolute atomic E-state index is 0.0401. The van der Waals surface area contributed by atoms with E-state index in [1.807, 2.05) is 55.5 Å². The van der Waals surface area contributed by atoms with Gasteiger partial charge in [-0.25, -0.2) is 0 Å². The molecular formula is C25H28N4O2. The van der Waals surface area contributed by atoms with Crippen molar-refractivity contribution in [1.82, 2.24) is 10.2 Å². The third kappa shape index (κ3) is 5.02. The van der Waals surface area contributed by atoms with Gasteiger partial charge in [0, 0.05) is 24.3 Å². The van der Waals surface area contributed by atoms with Gasteiger partial charge in [-0.05, 0) is 68.7 Å². The van der Waals surface area contributed by atoms with Gasteiger partial charge in [0.1, 0.15) is 5.75 Å². The van der Waals surface area contributed by atoms with Crippen LogP contribution in [0.15, 0.2) is 60.7 Å². The second kappa shape index (κ2) is 9.60. The number of nitrogens with one attached hydrogen (secondary N) is 1. The lowest BCUT2D eigenvalue weighted by Crippen LogP contribution is -2.41. The van der Waals surface area contributed by atoms with Crippen molar-refractivity contribution in [3.63, 3.8) is 0 Å². The van der Waals surface area contributed by atoms with Crippen molar-refractivity contribution in [2.45, 2.75) is 26.7 Å². The number of piperidine rings is 1. The van der Waals surface area contributed by atoms with Crippen LogP contribution in [-0.2, 0) is 4.79 Å². The maximum Gasteiger partial charge on any atom is 0.229 e. The van der Waals surface area contributed by atoms with Crippen LogP contribution >= 0.6 is 0 Å². The minimum Gasteiger partial charge on any atom is -0.494 e. The third-order valence-corrected chi connectivity index (χ3v) is 5.62. The van der Waals surface area contributed by atoms with Gasteiger partial charge in [0.2, 0.25) is 5.91 Å². The van der Waals surface area contributed by atoms with Gasteiger partial charge in [-0.2, -0.15) is 0 Å². The van der Waals surface area contributed by atoms with E-state index >= 15 is 0 Å². The van der Waals surface area contributed by atoms with E-state index in [4.69, 9.17) is 4.74 Å². The first-order valence-electron chi connectivity index (χ1n) is 10.8. The van der Waals surface area contributed by atoms with E-state index < -0.39 is 0 Å². The molecule has 2 heterocycles. The zero-order valence-electron chi connectivity index (χ0n) is 18.0. The van der Waals surface area contributed by atoms with Crippen LogP contribution < -0.4 is 15.0 Å². The van der Waals surface area contributed by atoms with Crippen LogP contribution in [0.1, 0.15) is 25.3 Å². The minimum atomic E-state index is -0.0850. The number of anilines is 2. The van der Waals surface area contributed by atoms with Gasteiger partial charge in [-0.3, -0.25) is 4.79 Å². The Labute approximate surface area is 183 Å². The molecule has 1 amide bonds. The van der Waals surface area contributed by atoms with Crippen molar-refractivity contribution in [2.75, 3.05) is 29.9 Å². The first-order chi connectivity index (χ1) is 15.1. The first kappa shape index (κ1) is 20.8. The SMILES string of the molecule is CCOc1ccc(NC(=O)C2CCCN(c3ccc(-c4ccccc4C)nn3)C2)cc1. The molecule has 1 fully saturated rings. The van der Waals surface area contributed by atoms with Crippen LogP contribution in [0.4, 0.5) is 11.5 Å². The molecule has 1 unspecified atom stereocenters. The summed E-state index contributed by atoms with van der Waals surface area (Å²) >= 11 is 0. The molecular weight excluding hydrogens is 388 g/mol. The second-order valence-corrected chi connectivity index (χ2v) is 7.82. The number of nitrogens with zero attached hydrogens (tertiary/aromatic N) is 3. The van der Waals surface area contributed by atoms with Crippen LogP contribution in [0.25, 0.3) is 11.3 Å². The normalized spacial score (nSPS) is 16.1. The van der Waals surface area contributed by atoms with Gasteiger partial charge in [0.25, 0.3) is 0 Å². The van der Waals surface area contributed by atoms with E-state index in [0.29, 0.717) is 13.2 Å². The number of hydrogen-bond acceptors (Lipinski definition) is 5. The van der Waals surface area contributed by atoms with Crippen LogP contribution in [0, 0.1) is 12.8 Å². The molecule has 0 saturated carbocycles. The molecule has 0 radical (unpaired) electrons.